The van der Waals surface area contributed by atoms with Crippen LogP contribution in [0, 0.1) is 17.6 Å². The van der Waals surface area contributed by atoms with Crippen molar-refractivity contribution >= 4 is 45.6 Å². The number of amides is 1. The Morgan fingerprint density at radius 2 is 2.00 bits per heavy atom. The highest BCUT2D eigenvalue weighted by molar-refractivity contribution is 8.18. The molecule has 5 rings (SSSR count). The summed E-state index contributed by atoms with van der Waals surface area (Å²) in [5, 5.41) is 2.72. The van der Waals surface area contributed by atoms with Gasteiger partial charge in [0.2, 0.25) is 0 Å². The number of rotatable bonds is 5. The fraction of sp³-hybridized carbons (Fsp3) is 0.227. The van der Waals surface area contributed by atoms with Gasteiger partial charge in [-0.2, -0.15) is 4.99 Å². The number of benzene rings is 2. The lowest BCUT2D eigenvalue weighted by molar-refractivity contribution is -0.113. The van der Waals surface area contributed by atoms with Crippen LogP contribution in [-0.4, -0.2) is 20.6 Å². The number of anilines is 1. The van der Waals surface area contributed by atoms with Gasteiger partial charge in [0.05, 0.1) is 22.3 Å². The van der Waals surface area contributed by atoms with Crippen LogP contribution in [0.4, 0.5) is 14.5 Å². The molecule has 0 bridgehead atoms. The number of nitrogens with zero attached hydrogens (tertiary/aromatic N) is 3. The van der Waals surface area contributed by atoms with E-state index in [0.29, 0.717) is 4.91 Å². The first kappa shape index (κ1) is 19.0. The van der Waals surface area contributed by atoms with Crippen molar-refractivity contribution in [2.24, 2.45) is 10.9 Å². The molecule has 1 saturated carbocycles. The first-order valence-corrected chi connectivity index (χ1v) is 10.6. The number of amidine groups is 1. The van der Waals surface area contributed by atoms with E-state index in [0.717, 1.165) is 59.4 Å². The molecule has 0 saturated heterocycles. The maximum absolute atomic E-state index is 13.8. The van der Waals surface area contributed by atoms with Crippen molar-refractivity contribution in [1.29, 1.82) is 0 Å². The molecule has 0 radical (unpaired) electrons. The average molecular weight is 424 g/mol. The molecule has 2 aliphatic rings. The van der Waals surface area contributed by atoms with E-state index in [-0.39, 0.29) is 10.9 Å². The summed E-state index contributed by atoms with van der Waals surface area (Å²) in [6.07, 6.45) is 7.38. The molecule has 2 heterocycles. The number of aliphatic imine (C=N–C) groups is 1. The number of nitrogens with one attached hydrogen (secondary N) is 1. The van der Waals surface area contributed by atoms with E-state index in [1.165, 1.54) is 18.9 Å². The van der Waals surface area contributed by atoms with Crippen LogP contribution in [0.3, 0.4) is 0 Å². The van der Waals surface area contributed by atoms with Gasteiger partial charge in [0.15, 0.2) is 5.17 Å². The Hall–Kier alpha value is -3.00. The van der Waals surface area contributed by atoms with Crippen molar-refractivity contribution in [3.05, 3.63) is 64.8 Å². The van der Waals surface area contributed by atoms with Crippen LogP contribution in [0.2, 0.25) is 0 Å². The molecule has 5 nitrogen and oxygen atoms in total. The Balaban J connectivity index is 1.35. The van der Waals surface area contributed by atoms with Gasteiger partial charge < -0.3 is 9.88 Å². The third-order valence-electron chi connectivity index (χ3n) is 5.23. The number of para-hydroxylation sites is 1. The summed E-state index contributed by atoms with van der Waals surface area (Å²) in [5.74, 6) is -1.09. The van der Waals surface area contributed by atoms with Crippen molar-refractivity contribution in [3.8, 4) is 0 Å². The average Bonchev–Trinajstić information content (AvgIpc) is 3.38. The number of imidazole rings is 1. The molecule has 1 aliphatic heterocycles. The van der Waals surface area contributed by atoms with Gasteiger partial charge in [-0.1, -0.05) is 25.0 Å². The molecule has 1 N–H and O–H groups in total. The lowest BCUT2D eigenvalue weighted by Crippen LogP contribution is -2.08. The van der Waals surface area contributed by atoms with Gasteiger partial charge >= 0.3 is 0 Å². The summed E-state index contributed by atoms with van der Waals surface area (Å²) in [4.78, 5) is 21.0. The highest BCUT2D eigenvalue weighted by atomic mass is 32.2. The van der Waals surface area contributed by atoms with Gasteiger partial charge in [-0.05, 0) is 60.0 Å². The molecule has 8 heteroatoms. The summed E-state index contributed by atoms with van der Waals surface area (Å²) in [6.45, 7) is 0.931. The Morgan fingerprint density at radius 1 is 1.20 bits per heavy atom. The van der Waals surface area contributed by atoms with Crippen LogP contribution in [0.15, 0.2) is 52.6 Å². The summed E-state index contributed by atoms with van der Waals surface area (Å²) in [5.41, 5.74) is 2.46. The van der Waals surface area contributed by atoms with Crippen molar-refractivity contribution in [2.45, 2.75) is 25.8 Å². The summed E-state index contributed by atoms with van der Waals surface area (Å²) >= 11 is 1.05. The standard InChI is InChI=1S/C22H18F2N4OS/c23-15-2-1-3-16(24)20(15)26-22-27-21(29)19(30-22)11-14-6-7-17-18(10-14)28(12-25-17)9-8-13-4-5-13/h1-3,6-7,10-13H,4-5,8-9H2,(H,26,27,29)/b19-11-. The maximum atomic E-state index is 13.8. The molecular formula is C22H18F2N4OS. The molecular weight excluding hydrogens is 406 g/mol. The highest BCUT2D eigenvalue weighted by Gasteiger charge is 2.24. The minimum atomic E-state index is -0.743. The predicted molar refractivity (Wildman–Crippen MR) is 115 cm³/mol. The number of carbonyl (C=O) groups is 1. The highest BCUT2D eigenvalue weighted by Crippen LogP contribution is 2.34. The molecule has 0 atom stereocenters. The van der Waals surface area contributed by atoms with E-state index in [1.807, 2.05) is 24.5 Å². The van der Waals surface area contributed by atoms with E-state index in [2.05, 4.69) is 19.9 Å². The largest absolute Gasteiger partial charge is 0.331 e. The van der Waals surface area contributed by atoms with Gasteiger partial charge in [0.25, 0.3) is 5.91 Å². The van der Waals surface area contributed by atoms with Crippen LogP contribution in [0.25, 0.3) is 17.1 Å². The molecule has 2 aromatic carbocycles. The number of aromatic nitrogens is 2. The number of fused-ring (bicyclic) bond motifs is 1. The Bertz CT molecular complexity index is 1190. The molecule has 1 amide bonds. The maximum Gasteiger partial charge on any atom is 0.286 e. The number of hydrogen-bond donors (Lipinski definition) is 1. The summed E-state index contributed by atoms with van der Waals surface area (Å²) in [7, 11) is 0. The van der Waals surface area contributed by atoms with Gasteiger partial charge in [0.1, 0.15) is 17.3 Å². The van der Waals surface area contributed by atoms with Gasteiger partial charge in [0, 0.05) is 6.54 Å². The Kier molecular flexibility index (Phi) is 4.86. The van der Waals surface area contributed by atoms with Crippen molar-refractivity contribution in [1.82, 2.24) is 9.55 Å². The molecule has 3 aromatic rings. The lowest BCUT2D eigenvalue weighted by atomic mass is 10.2. The number of carbonyl (C=O) groups excluding carboxylic acids is 1. The van der Waals surface area contributed by atoms with Crippen LogP contribution in [0.1, 0.15) is 24.8 Å². The number of thioether (sulfide) groups is 1. The fourth-order valence-corrected chi connectivity index (χ4v) is 4.23. The first-order valence-electron chi connectivity index (χ1n) is 9.75. The van der Waals surface area contributed by atoms with Crippen LogP contribution in [-0.2, 0) is 11.3 Å². The zero-order chi connectivity index (χ0) is 20.7. The molecule has 1 fully saturated rings. The van der Waals surface area contributed by atoms with Crippen LogP contribution < -0.4 is 5.32 Å². The summed E-state index contributed by atoms with van der Waals surface area (Å²) in [6, 6.07) is 9.38. The van der Waals surface area contributed by atoms with E-state index in [4.69, 9.17) is 0 Å². The van der Waals surface area contributed by atoms with Crippen molar-refractivity contribution in [3.63, 3.8) is 0 Å². The van der Waals surface area contributed by atoms with Crippen LogP contribution in [0.5, 0.6) is 0 Å². The first-order chi connectivity index (χ1) is 14.6. The van der Waals surface area contributed by atoms with E-state index < -0.39 is 17.5 Å². The third kappa shape index (κ3) is 3.87. The Morgan fingerprint density at radius 3 is 2.77 bits per heavy atom. The van der Waals surface area contributed by atoms with Crippen molar-refractivity contribution in [2.75, 3.05) is 5.32 Å². The molecule has 152 valence electrons. The second-order valence-electron chi connectivity index (χ2n) is 7.47. The predicted octanol–water partition coefficient (Wildman–Crippen LogP) is 5.20. The molecule has 30 heavy (non-hydrogen) atoms. The zero-order valence-corrected chi connectivity index (χ0v) is 16.8. The van der Waals surface area contributed by atoms with E-state index in [1.54, 1.807) is 6.08 Å². The second-order valence-corrected chi connectivity index (χ2v) is 8.50. The smallest absolute Gasteiger partial charge is 0.286 e. The normalized spacial score (nSPS) is 17.7. The molecule has 0 spiro atoms. The monoisotopic (exact) mass is 424 g/mol. The van der Waals surface area contributed by atoms with Crippen molar-refractivity contribution < 1.29 is 13.6 Å². The van der Waals surface area contributed by atoms with Gasteiger partial charge in [-0.25, -0.2) is 13.8 Å². The topological polar surface area (TPSA) is 59.3 Å². The van der Waals surface area contributed by atoms with E-state index >= 15 is 0 Å². The van der Waals surface area contributed by atoms with Gasteiger partial charge in [-0.15, -0.1) is 0 Å². The number of halogens is 2. The lowest BCUT2D eigenvalue weighted by Gasteiger charge is -2.06. The SMILES string of the molecule is O=C1N=C(Nc2c(F)cccc2F)S/C1=C\c1ccc2ncn(CCC3CC3)c2c1. The molecule has 1 aliphatic carbocycles. The molecule has 0 unspecified atom stereocenters. The number of aryl methyl sites for hydroxylation is 1. The third-order valence-corrected chi connectivity index (χ3v) is 6.13. The fourth-order valence-electron chi connectivity index (χ4n) is 3.41. The number of hydrogen-bond acceptors (Lipinski definition) is 4. The second kappa shape index (κ2) is 7.68. The quantitative estimate of drug-likeness (QED) is 0.572. The van der Waals surface area contributed by atoms with Crippen LogP contribution >= 0.6 is 11.8 Å². The molecule has 1 aromatic heterocycles. The minimum Gasteiger partial charge on any atom is -0.331 e. The minimum absolute atomic E-state index is 0.144. The zero-order valence-electron chi connectivity index (χ0n) is 15.9. The van der Waals surface area contributed by atoms with Gasteiger partial charge in [-0.3, -0.25) is 4.79 Å². The van der Waals surface area contributed by atoms with E-state index in [9.17, 15) is 13.6 Å². The summed E-state index contributed by atoms with van der Waals surface area (Å²) < 4.78 is 29.8. The Labute approximate surface area is 175 Å².